The predicted molar refractivity (Wildman–Crippen MR) is 65.2 cm³/mol. The summed E-state index contributed by atoms with van der Waals surface area (Å²) in [5.74, 6) is -0.276. The minimum atomic E-state index is -0.276. The van der Waals surface area contributed by atoms with Gasteiger partial charge in [-0.2, -0.15) is 0 Å². The smallest absolute Gasteiger partial charge is 0.124 e. The van der Waals surface area contributed by atoms with Crippen molar-refractivity contribution >= 4 is 11.6 Å². The van der Waals surface area contributed by atoms with E-state index in [0.29, 0.717) is 11.1 Å². The molecule has 1 aromatic rings. The minimum Gasteiger partial charge on any atom is -0.307 e. The van der Waals surface area contributed by atoms with Gasteiger partial charge in [-0.3, -0.25) is 0 Å². The van der Waals surface area contributed by atoms with Crippen LogP contribution in [0.1, 0.15) is 44.2 Å². The van der Waals surface area contributed by atoms with Crippen molar-refractivity contribution in [1.82, 2.24) is 5.32 Å². The highest BCUT2D eigenvalue weighted by atomic mass is 35.5. The molecule has 0 aromatic heterocycles. The molecule has 1 aliphatic rings. The fourth-order valence-corrected chi connectivity index (χ4v) is 2.72. The molecular weight excluding hydrogens is 225 g/mol. The Labute approximate surface area is 101 Å². The summed E-state index contributed by atoms with van der Waals surface area (Å²) in [5, 5.41) is 4.06. The molecule has 1 unspecified atom stereocenters. The summed E-state index contributed by atoms with van der Waals surface area (Å²) < 4.78 is 12.9. The second-order valence-electron chi connectivity index (χ2n) is 4.54. The average molecular weight is 242 g/mol. The van der Waals surface area contributed by atoms with Gasteiger partial charge in [0.2, 0.25) is 0 Å². The van der Waals surface area contributed by atoms with E-state index in [1.54, 1.807) is 6.07 Å². The van der Waals surface area contributed by atoms with Gasteiger partial charge >= 0.3 is 0 Å². The van der Waals surface area contributed by atoms with Gasteiger partial charge in [0.1, 0.15) is 5.82 Å². The summed E-state index contributed by atoms with van der Waals surface area (Å²) >= 11 is 6.03. The summed E-state index contributed by atoms with van der Waals surface area (Å²) in [6.07, 6.45) is 5.09. The number of hydrogen-bond acceptors (Lipinski definition) is 1. The summed E-state index contributed by atoms with van der Waals surface area (Å²) in [5.41, 5.74) is 0.981. The number of halogens is 2. The molecule has 0 bridgehead atoms. The quantitative estimate of drug-likeness (QED) is 0.841. The number of hydrogen-bond donors (Lipinski definition) is 1. The van der Waals surface area contributed by atoms with Gasteiger partial charge in [-0.25, -0.2) is 4.39 Å². The van der Waals surface area contributed by atoms with Crippen LogP contribution in [0, 0.1) is 5.82 Å². The highest BCUT2D eigenvalue weighted by molar-refractivity contribution is 6.31. The minimum absolute atomic E-state index is 0.191. The highest BCUT2D eigenvalue weighted by Crippen LogP contribution is 2.26. The van der Waals surface area contributed by atoms with Crippen LogP contribution in [0.3, 0.4) is 0 Å². The predicted octanol–water partition coefficient (Wildman–Crippen LogP) is 4.07. The molecule has 1 aromatic carbocycles. The van der Waals surface area contributed by atoms with E-state index in [1.165, 1.54) is 37.8 Å². The third kappa shape index (κ3) is 2.74. The number of nitrogens with one attached hydrogen (secondary N) is 1. The first-order valence-electron chi connectivity index (χ1n) is 5.88. The lowest BCUT2D eigenvalue weighted by atomic mass is 10.1. The zero-order valence-electron chi connectivity index (χ0n) is 9.47. The Morgan fingerprint density at radius 2 is 2.06 bits per heavy atom. The lowest BCUT2D eigenvalue weighted by Crippen LogP contribution is -2.29. The number of rotatable bonds is 3. The van der Waals surface area contributed by atoms with Crippen molar-refractivity contribution in [3.63, 3.8) is 0 Å². The van der Waals surface area contributed by atoms with Crippen molar-refractivity contribution < 1.29 is 4.39 Å². The second-order valence-corrected chi connectivity index (χ2v) is 4.94. The fraction of sp³-hybridized carbons (Fsp3) is 0.538. The van der Waals surface area contributed by atoms with Gasteiger partial charge in [0.15, 0.2) is 0 Å². The van der Waals surface area contributed by atoms with Crippen LogP contribution in [-0.4, -0.2) is 6.04 Å². The van der Waals surface area contributed by atoms with Gasteiger partial charge in [-0.1, -0.05) is 30.5 Å². The zero-order chi connectivity index (χ0) is 11.5. The summed E-state index contributed by atoms with van der Waals surface area (Å²) in [7, 11) is 0. The monoisotopic (exact) mass is 241 g/mol. The highest BCUT2D eigenvalue weighted by Gasteiger charge is 2.18. The molecule has 1 nitrogen and oxygen atoms in total. The summed E-state index contributed by atoms with van der Waals surface area (Å²) in [6, 6.07) is 5.40. The van der Waals surface area contributed by atoms with E-state index >= 15 is 0 Å². The maximum Gasteiger partial charge on any atom is 0.124 e. The van der Waals surface area contributed by atoms with Gasteiger partial charge in [-0.05, 0) is 37.5 Å². The van der Waals surface area contributed by atoms with Crippen LogP contribution in [0.5, 0.6) is 0 Å². The SMILES string of the molecule is CC(NC1CCCC1)c1ccc(F)cc1Cl. The Bertz CT molecular complexity index is 361. The van der Waals surface area contributed by atoms with Crippen molar-refractivity contribution in [2.24, 2.45) is 0 Å². The lowest BCUT2D eigenvalue weighted by molar-refractivity contribution is 0.461. The molecule has 0 heterocycles. The molecule has 3 heteroatoms. The maximum absolute atomic E-state index is 12.9. The lowest BCUT2D eigenvalue weighted by Gasteiger charge is -2.20. The molecule has 1 saturated carbocycles. The normalized spacial score (nSPS) is 18.9. The van der Waals surface area contributed by atoms with Crippen molar-refractivity contribution in [2.75, 3.05) is 0 Å². The molecule has 16 heavy (non-hydrogen) atoms. The van der Waals surface area contributed by atoms with Crippen LogP contribution in [0.25, 0.3) is 0 Å². The van der Waals surface area contributed by atoms with Crippen molar-refractivity contribution in [1.29, 1.82) is 0 Å². The molecule has 0 radical (unpaired) electrons. The third-order valence-electron chi connectivity index (χ3n) is 3.27. The fourth-order valence-electron chi connectivity index (χ4n) is 2.39. The van der Waals surface area contributed by atoms with E-state index in [4.69, 9.17) is 11.6 Å². The van der Waals surface area contributed by atoms with E-state index in [0.717, 1.165) is 5.56 Å². The third-order valence-corrected chi connectivity index (χ3v) is 3.60. The Kier molecular flexibility index (Phi) is 3.82. The van der Waals surface area contributed by atoms with Crippen LogP contribution >= 0.6 is 11.6 Å². The molecule has 1 N–H and O–H groups in total. The van der Waals surface area contributed by atoms with Crippen molar-refractivity contribution in [2.45, 2.75) is 44.7 Å². The number of benzene rings is 1. The summed E-state index contributed by atoms with van der Waals surface area (Å²) in [4.78, 5) is 0. The van der Waals surface area contributed by atoms with Gasteiger partial charge in [0.25, 0.3) is 0 Å². The molecule has 0 amide bonds. The second kappa shape index (κ2) is 5.15. The molecule has 0 saturated heterocycles. The Morgan fingerprint density at radius 1 is 1.38 bits per heavy atom. The maximum atomic E-state index is 12.9. The van der Waals surface area contributed by atoms with E-state index in [9.17, 15) is 4.39 Å². The molecule has 1 aliphatic carbocycles. The summed E-state index contributed by atoms with van der Waals surface area (Å²) in [6.45, 7) is 2.08. The molecule has 0 aliphatic heterocycles. The van der Waals surface area contributed by atoms with Crippen LogP contribution in [-0.2, 0) is 0 Å². The van der Waals surface area contributed by atoms with Gasteiger partial charge < -0.3 is 5.32 Å². The van der Waals surface area contributed by atoms with E-state index in [1.807, 2.05) is 0 Å². The van der Waals surface area contributed by atoms with Crippen LogP contribution in [0.2, 0.25) is 5.02 Å². The molecule has 88 valence electrons. The molecule has 0 spiro atoms. The van der Waals surface area contributed by atoms with Crippen LogP contribution in [0.15, 0.2) is 18.2 Å². The topological polar surface area (TPSA) is 12.0 Å². The average Bonchev–Trinajstić information content (AvgIpc) is 2.70. The Morgan fingerprint density at radius 3 is 2.69 bits per heavy atom. The first-order valence-corrected chi connectivity index (χ1v) is 6.25. The van der Waals surface area contributed by atoms with Crippen molar-refractivity contribution in [3.05, 3.63) is 34.6 Å². The Balaban J connectivity index is 2.04. The van der Waals surface area contributed by atoms with E-state index < -0.39 is 0 Å². The molecule has 1 atom stereocenters. The van der Waals surface area contributed by atoms with Gasteiger partial charge in [0.05, 0.1) is 0 Å². The first-order chi connectivity index (χ1) is 7.66. The first kappa shape index (κ1) is 11.9. The van der Waals surface area contributed by atoms with E-state index in [2.05, 4.69) is 12.2 Å². The molecule has 2 rings (SSSR count). The Hall–Kier alpha value is -0.600. The largest absolute Gasteiger partial charge is 0.307 e. The van der Waals surface area contributed by atoms with Crippen LogP contribution in [0.4, 0.5) is 4.39 Å². The van der Waals surface area contributed by atoms with Gasteiger partial charge in [-0.15, -0.1) is 0 Å². The van der Waals surface area contributed by atoms with E-state index in [-0.39, 0.29) is 11.9 Å². The zero-order valence-corrected chi connectivity index (χ0v) is 10.2. The van der Waals surface area contributed by atoms with Crippen LogP contribution < -0.4 is 5.32 Å². The molecule has 1 fully saturated rings. The molecular formula is C13H17ClFN. The van der Waals surface area contributed by atoms with Crippen molar-refractivity contribution in [3.8, 4) is 0 Å². The van der Waals surface area contributed by atoms with Gasteiger partial charge in [0, 0.05) is 17.1 Å². The standard InChI is InChI=1S/C13H17ClFN/c1-9(16-11-4-2-3-5-11)12-7-6-10(15)8-13(12)14/h6-9,11,16H,2-5H2,1H3.